The molecule has 1 aliphatic rings. The maximum absolute atomic E-state index is 12.0. The Balaban J connectivity index is 1.50. The molecule has 1 aromatic heterocycles. The van der Waals surface area contributed by atoms with E-state index in [-0.39, 0.29) is 12.5 Å². The highest BCUT2D eigenvalue weighted by atomic mass is 16.4. The number of nitrogens with one attached hydrogen (secondary N) is 1. The Kier molecular flexibility index (Phi) is 4.61. The van der Waals surface area contributed by atoms with Gasteiger partial charge in [-0.1, -0.05) is 37.8 Å². The quantitative estimate of drug-likeness (QED) is 0.834. The molecule has 0 atom stereocenters. The monoisotopic (exact) mass is 302 g/mol. The van der Waals surface area contributed by atoms with Crippen molar-refractivity contribution in [3.05, 3.63) is 34.8 Å². The second kappa shape index (κ2) is 6.81. The number of nitrogens with zero attached hydrogens (tertiary/aromatic N) is 1. The number of hydrogen-bond acceptors (Lipinski definition) is 3. The third-order valence-electron chi connectivity index (χ3n) is 4.46. The van der Waals surface area contributed by atoms with E-state index in [1.807, 2.05) is 6.07 Å². The highest BCUT2D eigenvalue weighted by molar-refractivity contribution is 5.79. The number of fused-ring (bicyclic) bond motifs is 1. The van der Waals surface area contributed by atoms with Crippen molar-refractivity contribution in [2.75, 3.05) is 6.54 Å². The first-order valence-corrected chi connectivity index (χ1v) is 8.09. The van der Waals surface area contributed by atoms with Crippen molar-refractivity contribution in [3.8, 4) is 0 Å². The summed E-state index contributed by atoms with van der Waals surface area (Å²) in [6.45, 7) is 0.694. The van der Waals surface area contributed by atoms with Gasteiger partial charge in [0.15, 0.2) is 5.58 Å². The van der Waals surface area contributed by atoms with Gasteiger partial charge in [0.2, 0.25) is 5.91 Å². The number of hydrogen-bond donors (Lipinski definition) is 1. The van der Waals surface area contributed by atoms with Gasteiger partial charge in [-0.15, -0.1) is 0 Å². The summed E-state index contributed by atoms with van der Waals surface area (Å²) in [7, 11) is 0. The van der Waals surface area contributed by atoms with Crippen molar-refractivity contribution in [1.29, 1.82) is 0 Å². The number of aromatic nitrogens is 1. The average Bonchev–Trinajstić information content (AvgIpc) is 3.13. The van der Waals surface area contributed by atoms with E-state index in [4.69, 9.17) is 4.42 Å². The number of carbonyl (C=O) groups excluding carboxylic acids is 1. The number of amides is 1. The Morgan fingerprint density at radius 1 is 1.27 bits per heavy atom. The molecular weight excluding hydrogens is 280 g/mol. The Hall–Kier alpha value is -2.04. The molecule has 1 N–H and O–H groups in total. The lowest BCUT2D eigenvalue weighted by Crippen LogP contribution is -2.31. The topological polar surface area (TPSA) is 64.2 Å². The molecule has 3 rings (SSSR count). The molecule has 0 radical (unpaired) electrons. The molecule has 5 nitrogen and oxygen atoms in total. The van der Waals surface area contributed by atoms with Gasteiger partial charge in [-0.3, -0.25) is 9.36 Å². The van der Waals surface area contributed by atoms with E-state index in [2.05, 4.69) is 5.32 Å². The van der Waals surface area contributed by atoms with Crippen LogP contribution in [0, 0.1) is 5.92 Å². The fourth-order valence-electron chi connectivity index (χ4n) is 3.28. The van der Waals surface area contributed by atoms with Gasteiger partial charge in [-0.25, -0.2) is 4.79 Å². The van der Waals surface area contributed by atoms with Crippen LogP contribution < -0.4 is 11.1 Å². The minimum Gasteiger partial charge on any atom is -0.408 e. The molecule has 22 heavy (non-hydrogen) atoms. The SMILES string of the molecule is O=C(Cn1c(=O)oc2ccccc21)NCCCC1CCCC1. The second-order valence-electron chi connectivity index (χ2n) is 6.06. The zero-order valence-electron chi connectivity index (χ0n) is 12.7. The molecular formula is C17H22N2O3. The minimum absolute atomic E-state index is 0.0132. The Morgan fingerprint density at radius 3 is 2.86 bits per heavy atom. The van der Waals surface area contributed by atoms with Gasteiger partial charge in [-0.2, -0.15) is 0 Å². The van der Waals surface area contributed by atoms with Crippen molar-refractivity contribution in [1.82, 2.24) is 9.88 Å². The number of benzene rings is 1. The zero-order valence-corrected chi connectivity index (χ0v) is 12.7. The third kappa shape index (κ3) is 3.40. The first-order valence-electron chi connectivity index (χ1n) is 8.09. The lowest BCUT2D eigenvalue weighted by Gasteiger charge is -2.09. The van der Waals surface area contributed by atoms with Crippen LogP contribution in [0.4, 0.5) is 0 Å². The Bertz CT molecular complexity index is 695. The van der Waals surface area contributed by atoms with Gasteiger partial charge in [0, 0.05) is 6.54 Å². The van der Waals surface area contributed by atoms with Gasteiger partial charge in [0.1, 0.15) is 6.54 Å². The van der Waals surface area contributed by atoms with Crippen molar-refractivity contribution in [2.45, 2.75) is 45.1 Å². The van der Waals surface area contributed by atoms with E-state index >= 15 is 0 Å². The molecule has 0 aliphatic heterocycles. The summed E-state index contributed by atoms with van der Waals surface area (Å²) in [5, 5.41) is 2.90. The van der Waals surface area contributed by atoms with Crippen LogP contribution in [0.2, 0.25) is 0 Å². The van der Waals surface area contributed by atoms with Crippen molar-refractivity contribution < 1.29 is 9.21 Å². The maximum Gasteiger partial charge on any atom is 0.420 e. The summed E-state index contributed by atoms with van der Waals surface area (Å²) in [4.78, 5) is 23.8. The van der Waals surface area contributed by atoms with Crippen LogP contribution in [0.15, 0.2) is 33.5 Å². The summed E-state index contributed by atoms with van der Waals surface area (Å²) in [5.74, 6) is 0.222. The fourth-order valence-corrected chi connectivity index (χ4v) is 3.28. The van der Waals surface area contributed by atoms with Crippen LogP contribution in [0.3, 0.4) is 0 Å². The van der Waals surface area contributed by atoms with E-state index in [1.165, 1.54) is 36.7 Å². The van der Waals surface area contributed by atoms with Gasteiger partial charge >= 0.3 is 5.76 Å². The van der Waals surface area contributed by atoms with Gasteiger partial charge in [0.25, 0.3) is 0 Å². The Labute approximate surface area is 129 Å². The van der Waals surface area contributed by atoms with Crippen molar-refractivity contribution in [3.63, 3.8) is 0 Å². The molecule has 1 amide bonds. The van der Waals surface area contributed by atoms with Gasteiger partial charge in [0.05, 0.1) is 5.52 Å². The molecule has 2 aromatic rings. The summed E-state index contributed by atoms with van der Waals surface area (Å²) in [5.41, 5.74) is 1.18. The lowest BCUT2D eigenvalue weighted by molar-refractivity contribution is -0.121. The van der Waals surface area contributed by atoms with Crippen LogP contribution in [0.1, 0.15) is 38.5 Å². The number of oxazole rings is 1. The van der Waals surface area contributed by atoms with Crippen molar-refractivity contribution in [2.24, 2.45) is 5.92 Å². The van der Waals surface area contributed by atoms with E-state index < -0.39 is 5.76 Å². The molecule has 1 saturated carbocycles. The number of para-hydroxylation sites is 2. The van der Waals surface area contributed by atoms with Crippen LogP contribution in [0.5, 0.6) is 0 Å². The molecule has 0 saturated heterocycles. The molecule has 1 fully saturated rings. The zero-order chi connectivity index (χ0) is 15.4. The summed E-state index contributed by atoms with van der Waals surface area (Å²) < 4.78 is 6.50. The predicted molar refractivity (Wildman–Crippen MR) is 84.7 cm³/mol. The molecule has 0 spiro atoms. The van der Waals surface area contributed by atoms with Gasteiger partial charge < -0.3 is 9.73 Å². The third-order valence-corrected chi connectivity index (χ3v) is 4.46. The molecule has 1 heterocycles. The molecule has 1 aliphatic carbocycles. The van der Waals surface area contributed by atoms with E-state index in [0.29, 0.717) is 17.6 Å². The predicted octanol–water partition coefficient (Wildman–Crippen LogP) is 2.68. The molecule has 5 heteroatoms. The smallest absolute Gasteiger partial charge is 0.408 e. The summed E-state index contributed by atoms with van der Waals surface area (Å²) >= 11 is 0. The van der Waals surface area contributed by atoms with Crippen LogP contribution in [0.25, 0.3) is 11.1 Å². The first-order chi connectivity index (χ1) is 10.7. The Morgan fingerprint density at radius 2 is 2.05 bits per heavy atom. The lowest BCUT2D eigenvalue weighted by atomic mass is 10.0. The van der Waals surface area contributed by atoms with Crippen LogP contribution in [-0.2, 0) is 11.3 Å². The molecule has 1 aromatic carbocycles. The molecule has 0 unspecified atom stereocenters. The fraction of sp³-hybridized carbons (Fsp3) is 0.529. The average molecular weight is 302 g/mol. The van der Waals surface area contributed by atoms with Gasteiger partial charge in [-0.05, 0) is 30.9 Å². The first kappa shape index (κ1) is 14.9. The summed E-state index contributed by atoms with van der Waals surface area (Å²) in [6.07, 6.45) is 7.59. The highest BCUT2D eigenvalue weighted by Crippen LogP contribution is 2.28. The largest absolute Gasteiger partial charge is 0.420 e. The van der Waals surface area contributed by atoms with Crippen LogP contribution >= 0.6 is 0 Å². The standard InChI is InChI=1S/C17H22N2O3/c20-16(18-11-5-8-13-6-1-2-7-13)12-19-14-9-3-4-10-15(14)22-17(19)21/h3-4,9-10,13H,1-2,5-8,11-12H2,(H,18,20). The maximum atomic E-state index is 12.0. The minimum atomic E-state index is -0.484. The number of carbonyl (C=O) groups is 1. The number of rotatable bonds is 6. The van der Waals surface area contributed by atoms with Crippen LogP contribution in [-0.4, -0.2) is 17.0 Å². The molecule has 0 bridgehead atoms. The normalized spacial score (nSPS) is 15.5. The highest BCUT2D eigenvalue weighted by Gasteiger charge is 2.15. The second-order valence-corrected chi connectivity index (χ2v) is 6.06. The summed E-state index contributed by atoms with van der Waals surface area (Å²) in [6, 6.07) is 7.15. The van der Waals surface area contributed by atoms with E-state index in [0.717, 1.165) is 12.3 Å². The van der Waals surface area contributed by atoms with E-state index in [9.17, 15) is 9.59 Å². The van der Waals surface area contributed by atoms with E-state index in [1.54, 1.807) is 18.2 Å². The van der Waals surface area contributed by atoms with Crippen molar-refractivity contribution >= 4 is 17.0 Å². The molecule has 118 valence electrons.